The zero-order valence-corrected chi connectivity index (χ0v) is 8.99. The standard InChI is InChI=1S/C13H11F2NO/c14-11-4-2-1-3-9(11)8-17-13-6-5-10(16)7-12(13)15/h1-7H,8,16H2. The first-order valence-electron chi connectivity index (χ1n) is 5.08. The van der Waals surface area contributed by atoms with E-state index in [2.05, 4.69) is 0 Å². The third kappa shape index (κ3) is 2.72. The molecular weight excluding hydrogens is 224 g/mol. The van der Waals surface area contributed by atoms with Crippen LogP contribution in [0.15, 0.2) is 42.5 Å². The van der Waals surface area contributed by atoms with Gasteiger partial charge < -0.3 is 10.5 Å². The van der Waals surface area contributed by atoms with Gasteiger partial charge in [0.1, 0.15) is 12.4 Å². The molecule has 0 heterocycles. The SMILES string of the molecule is Nc1ccc(OCc2ccccc2F)c(F)c1. The maximum absolute atomic E-state index is 13.4. The highest BCUT2D eigenvalue weighted by Gasteiger charge is 2.06. The summed E-state index contributed by atoms with van der Waals surface area (Å²) in [4.78, 5) is 0. The number of hydrogen-bond acceptors (Lipinski definition) is 2. The minimum atomic E-state index is -0.554. The topological polar surface area (TPSA) is 35.2 Å². The van der Waals surface area contributed by atoms with Gasteiger partial charge in [-0.2, -0.15) is 0 Å². The highest BCUT2D eigenvalue weighted by molar-refractivity contribution is 5.42. The van der Waals surface area contributed by atoms with Gasteiger partial charge in [-0.15, -0.1) is 0 Å². The number of hydrogen-bond donors (Lipinski definition) is 1. The van der Waals surface area contributed by atoms with E-state index in [4.69, 9.17) is 10.5 Å². The molecule has 0 fully saturated rings. The summed E-state index contributed by atoms with van der Waals surface area (Å²) >= 11 is 0. The van der Waals surface area contributed by atoms with Gasteiger partial charge in [-0.25, -0.2) is 8.78 Å². The first-order valence-corrected chi connectivity index (χ1v) is 5.08. The average molecular weight is 235 g/mol. The highest BCUT2D eigenvalue weighted by Crippen LogP contribution is 2.20. The molecule has 0 amide bonds. The summed E-state index contributed by atoms with van der Waals surface area (Å²) in [5.74, 6) is -0.868. The van der Waals surface area contributed by atoms with Crippen LogP contribution >= 0.6 is 0 Å². The zero-order valence-electron chi connectivity index (χ0n) is 8.99. The molecule has 0 aliphatic rings. The maximum Gasteiger partial charge on any atom is 0.167 e. The molecule has 0 saturated carbocycles. The van der Waals surface area contributed by atoms with Crippen LogP contribution in [0.1, 0.15) is 5.56 Å². The molecule has 0 radical (unpaired) electrons. The van der Waals surface area contributed by atoms with E-state index in [1.54, 1.807) is 18.2 Å². The molecule has 0 saturated heterocycles. The lowest BCUT2D eigenvalue weighted by molar-refractivity contribution is 0.285. The molecule has 2 rings (SSSR count). The summed E-state index contributed by atoms with van der Waals surface area (Å²) in [6, 6.07) is 10.3. The Morgan fingerprint density at radius 2 is 1.76 bits per heavy atom. The zero-order chi connectivity index (χ0) is 12.3. The molecule has 0 bridgehead atoms. The van der Waals surface area contributed by atoms with Gasteiger partial charge in [-0.3, -0.25) is 0 Å². The summed E-state index contributed by atoms with van der Waals surface area (Å²) in [5.41, 5.74) is 6.10. The van der Waals surface area contributed by atoms with Crippen LogP contribution in [0.5, 0.6) is 5.75 Å². The Balaban J connectivity index is 2.10. The summed E-state index contributed by atoms with van der Waals surface area (Å²) < 4.78 is 31.8. The summed E-state index contributed by atoms with van der Waals surface area (Å²) in [5, 5.41) is 0. The smallest absolute Gasteiger partial charge is 0.167 e. The number of rotatable bonds is 3. The molecule has 0 aromatic heterocycles. The second-order valence-corrected chi connectivity index (χ2v) is 3.57. The van der Waals surface area contributed by atoms with Gasteiger partial charge >= 0.3 is 0 Å². The van der Waals surface area contributed by atoms with E-state index < -0.39 is 5.82 Å². The third-order valence-corrected chi connectivity index (χ3v) is 2.30. The van der Waals surface area contributed by atoms with E-state index in [0.717, 1.165) is 6.07 Å². The average Bonchev–Trinajstić information content (AvgIpc) is 2.30. The Morgan fingerprint density at radius 1 is 1.00 bits per heavy atom. The van der Waals surface area contributed by atoms with Gasteiger partial charge in [0.15, 0.2) is 11.6 Å². The van der Waals surface area contributed by atoms with Crippen molar-refractivity contribution in [2.45, 2.75) is 6.61 Å². The third-order valence-electron chi connectivity index (χ3n) is 2.30. The van der Waals surface area contributed by atoms with Crippen molar-refractivity contribution in [2.75, 3.05) is 5.73 Å². The number of halogens is 2. The summed E-state index contributed by atoms with van der Waals surface area (Å²) in [7, 11) is 0. The Bertz CT molecular complexity index is 529. The first kappa shape index (κ1) is 11.4. The molecule has 2 N–H and O–H groups in total. The Kier molecular flexibility index (Phi) is 3.23. The fourth-order valence-corrected chi connectivity index (χ4v) is 1.41. The van der Waals surface area contributed by atoms with Crippen molar-refractivity contribution < 1.29 is 13.5 Å². The largest absolute Gasteiger partial charge is 0.486 e. The highest BCUT2D eigenvalue weighted by atomic mass is 19.1. The number of nitrogens with two attached hydrogens (primary N) is 1. The second kappa shape index (κ2) is 4.82. The lowest BCUT2D eigenvalue weighted by Gasteiger charge is -2.08. The van der Waals surface area contributed by atoms with Crippen LogP contribution < -0.4 is 10.5 Å². The quantitative estimate of drug-likeness (QED) is 0.829. The fraction of sp³-hybridized carbons (Fsp3) is 0.0769. The van der Waals surface area contributed by atoms with Crippen molar-refractivity contribution >= 4 is 5.69 Å². The lowest BCUT2D eigenvalue weighted by Crippen LogP contribution is -2.00. The van der Waals surface area contributed by atoms with Crippen LogP contribution in [0.2, 0.25) is 0 Å². The summed E-state index contributed by atoms with van der Waals surface area (Å²) in [6.07, 6.45) is 0. The normalized spacial score (nSPS) is 10.2. The molecule has 2 aromatic carbocycles. The van der Waals surface area contributed by atoms with Gasteiger partial charge in [0.05, 0.1) is 0 Å². The van der Waals surface area contributed by atoms with E-state index in [0.29, 0.717) is 11.3 Å². The Labute approximate surface area is 97.6 Å². The van der Waals surface area contributed by atoms with E-state index in [9.17, 15) is 8.78 Å². The van der Waals surface area contributed by atoms with Crippen LogP contribution in [-0.2, 0) is 6.61 Å². The van der Waals surface area contributed by atoms with Crippen LogP contribution in [0.3, 0.4) is 0 Å². The van der Waals surface area contributed by atoms with Crippen molar-refractivity contribution in [3.05, 3.63) is 59.7 Å². The van der Waals surface area contributed by atoms with Gasteiger partial charge in [-0.05, 0) is 18.2 Å². The van der Waals surface area contributed by atoms with Gasteiger partial charge in [0.2, 0.25) is 0 Å². The van der Waals surface area contributed by atoms with Crippen molar-refractivity contribution in [2.24, 2.45) is 0 Å². The molecule has 2 aromatic rings. The monoisotopic (exact) mass is 235 g/mol. The molecule has 0 aliphatic carbocycles. The Hall–Kier alpha value is -2.10. The molecular formula is C13H11F2NO. The lowest BCUT2D eigenvalue weighted by atomic mass is 10.2. The van der Waals surface area contributed by atoms with Crippen molar-refractivity contribution in [1.82, 2.24) is 0 Å². The Morgan fingerprint density at radius 3 is 2.47 bits per heavy atom. The molecule has 2 nitrogen and oxygen atoms in total. The van der Waals surface area contributed by atoms with Gasteiger partial charge in [0.25, 0.3) is 0 Å². The van der Waals surface area contributed by atoms with E-state index in [1.807, 2.05) is 0 Å². The van der Waals surface area contributed by atoms with Gasteiger partial charge in [0, 0.05) is 17.3 Å². The minimum absolute atomic E-state index is 0.0203. The molecule has 0 unspecified atom stereocenters. The fourth-order valence-electron chi connectivity index (χ4n) is 1.41. The summed E-state index contributed by atoms with van der Waals surface area (Å²) in [6.45, 7) is -0.0203. The molecule has 4 heteroatoms. The van der Waals surface area contributed by atoms with Crippen LogP contribution in [-0.4, -0.2) is 0 Å². The first-order chi connectivity index (χ1) is 8.16. The van der Waals surface area contributed by atoms with E-state index in [-0.39, 0.29) is 18.2 Å². The predicted octanol–water partition coefficient (Wildman–Crippen LogP) is 3.13. The van der Waals surface area contributed by atoms with Crippen LogP contribution in [0.4, 0.5) is 14.5 Å². The second-order valence-electron chi connectivity index (χ2n) is 3.57. The molecule has 0 spiro atoms. The van der Waals surface area contributed by atoms with Crippen LogP contribution in [0, 0.1) is 11.6 Å². The van der Waals surface area contributed by atoms with E-state index in [1.165, 1.54) is 18.2 Å². The molecule has 17 heavy (non-hydrogen) atoms. The van der Waals surface area contributed by atoms with Crippen molar-refractivity contribution in [1.29, 1.82) is 0 Å². The van der Waals surface area contributed by atoms with E-state index >= 15 is 0 Å². The van der Waals surface area contributed by atoms with Crippen LogP contribution in [0.25, 0.3) is 0 Å². The number of ether oxygens (including phenoxy) is 1. The maximum atomic E-state index is 13.4. The number of nitrogen functional groups attached to an aromatic ring is 1. The molecule has 0 aliphatic heterocycles. The van der Waals surface area contributed by atoms with Gasteiger partial charge in [-0.1, -0.05) is 18.2 Å². The van der Waals surface area contributed by atoms with Crippen molar-refractivity contribution in [3.8, 4) is 5.75 Å². The minimum Gasteiger partial charge on any atom is -0.486 e. The predicted molar refractivity (Wildman–Crippen MR) is 61.5 cm³/mol. The number of benzene rings is 2. The number of anilines is 1. The molecule has 88 valence electrons. The van der Waals surface area contributed by atoms with Crippen molar-refractivity contribution in [3.63, 3.8) is 0 Å². The molecule has 0 atom stereocenters.